The number of nitrogens with one attached hydrogen (secondary N) is 4. The van der Waals surface area contributed by atoms with Crippen LogP contribution in [0.4, 0.5) is 4.79 Å². The van der Waals surface area contributed by atoms with Crippen LogP contribution in [-0.2, 0) is 9.53 Å². The van der Waals surface area contributed by atoms with Gasteiger partial charge in [0.05, 0.1) is 17.5 Å². The standard InChI is InChI=1S/C20H41N5O3.HI/c1-10-20(11-2,25-17(27)28-18(4,5)6)14-24-16(22-12-3)23-13-19(7,8)15(26)21-9;/h10-14H2,1-9H3,(H,21,26)(H,25,27)(H2,22,23,24);1H. The van der Waals surface area contributed by atoms with Crippen molar-refractivity contribution >= 4 is 41.9 Å². The molecule has 0 fully saturated rings. The molecule has 0 aliphatic carbocycles. The number of ether oxygens (including phenoxy) is 1. The normalized spacial score (nSPS) is 12.5. The number of amides is 2. The quantitative estimate of drug-likeness (QED) is 0.210. The lowest BCUT2D eigenvalue weighted by Gasteiger charge is -2.34. The van der Waals surface area contributed by atoms with Gasteiger partial charge in [0.2, 0.25) is 5.91 Å². The molecule has 8 nitrogen and oxygen atoms in total. The van der Waals surface area contributed by atoms with Gasteiger partial charge in [-0.2, -0.15) is 0 Å². The highest BCUT2D eigenvalue weighted by atomic mass is 127. The molecule has 0 radical (unpaired) electrons. The van der Waals surface area contributed by atoms with Gasteiger partial charge in [-0.1, -0.05) is 13.8 Å². The lowest BCUT2D eigenvalue weighted by molar-refractivity contribution is -0.128. The molecule has 0 bridgehead atoms. The maximum absolute atomic E-state index is 12.3. The van der Waals surface area contributed by atoms with Crippen LogP contribution < -0.4 is 21.3 Å². The van der Waals surface area contributed by atoms with Crippen molar-refractivity contribution < 1.29 is 14.3 Å². The predicted octanol–water partition coefficient (Wildman–Crippen LogP) is 3.02. The van der Waals surface area contributed by atoms with E-state index in [4.69, 9.17) is 4.74 Å². The first-order chi connectivity index (χ1) is 12.8. The Morgan fingerprint density at radius 1 is 0.966 bits per heavy atom. The highest BCUT2D eigenvalue weighted by Gasteiger charge is 2.31. The summed E-state index contributed by atoms with van der Waals surface area (Å²) in [7, 11) is 1.62. The molecule has 0 saturated carbocycles. The molecule has 0 spiro atoms. The van der Waals surface area contributed by atoms with Crippen molar-refractivity contribution in [2.75, 3.05) is 26.7 Å². The Labute approximate surface area is 193 Å². The number of carbonyl (C=O) groups is 2. The van der Waals surface area contributed by atoms with E-state index in [9.17, 15) is 9.59 Å². The van der Waals surface area contributed by atoms with E-state index in [-0.39, 0.29) is 29.9 Å². The molecule has 2 amide bonds. The highest BCUT2D eigenvalue weighted by molar-refractivity contribution is 14.0. The van der Waals surface area contributed by atoms with Crippen LogP contribution in [0.25, 0.3) is 0 Å². The first kappa shape index (κ1) is 29.9. The smallest absolute Gasteiger partial charge is 0.408 e. The second-order valence-electron chi connectivity index (χ2n) is 8.63. The van der Waals surface area contributed by atoms with Crippen LogP contribution in [0, 0.1) is 5.41 Å². The van der Waals surface area contributed by atoms with Gasteiger partial charge in [-0.3, -0.25) is 9.79 Å². The van der Waals surface area contributed by atoms with Crippen molar-refractivity contribution in [3.05, 3.63) is 0 Å². The minimum Gasteiger partial charge on any atom is -0.444 e. The monoisotopic (exact) mass is 527 g/mol. The molecule has 0 rings (SSSR count). The minimum atomic E-state index is -0.613. The fraction of sp³-hybridized carbons (Fsp3) is 0.850. The third kappa shape index (κ3) is 11.5. The number of alkyl carbamates (subject to hydrolysis) is 1. The van der Waals surface area contributed by atoms with Gasteiger partial charge in [0.1, 0.15) is 5.60 Å². The average Bonchev–Trinajstić information content (AvgIpc) is 2.60. The molecule has 4 N–H and O–H groups in total. The van der Waals surface area contributed by atoms with Gasteiger partial charge < -0.3 is 26.0 Å². The van der Waals surface area contributed by atoms with Gasteiger partial charge >= 0.3 is 6.09 Å². The van der Waals surface area contributed by atoms with Gasteiger partial charge in [-0.05, 0) is 54.4 Å². The summed E-state index contributed by atoms with van der Waals surface area (Å²) < 4.78 is 5.41. The first-order valence-electron chi connectivity index (χ1n) is 10.1. The van der Waals surface area contributed by atoms with Gasteiger partial charge in [0.25, 0.3) is 0 Å². The Morgan fingerprint density at radius 2 is 1.52 bits per heavy atom. The Bertz CT molecular complexity index is 541. The summed E-state index contributed by atoms with van der Waals surface area (Å²) in [4.78, 5) is 28.8. The van der Waals surface area contributed by atoms with Crippen molar-refractivity contribution in [3.8, 4) is 0 Å². The molecule has 0 saturated heterocycles. The Hall–Kier alpha value is -1.26. The molecule has 0 unspecified atom stereocenters. The first-order valence-corrected chi connectivity index (χ1v) is 10.1. The van der Waals surface area contributed by atoms with Crippen LogP contribution in [0.5, 0.6) is 0 Å². The summed E-state index contributed by atoms with van der Waals surface area (Å²) in [6.07, 6.45) is 1.04. The summed E-state index contributed by atoms with van der Waals surface area (Å²) >= 11 is 0. The SMILES string of the molecule is CCNC(=NCC(C)(C)C(=O)NC)NCC(CC)(CC)NC(=O)OC(C)(C)C.I. The lowest BCUT2D eigenvalue weighted by atomic mass is 9.92. The molecule has 0 aromatic heterocycles. The van der Waals surface area contributed by atoms with Gasteiger partial charge in [-0.15, -0.1) is 24.0 Å². The number of nitrogens with zero attached hydrogens (tertiary/aromatic N) is 1. The zero-order chi connectivity index (χ0) is 22.0. The molecule has 0 atom stereocenters. The summed E-state index contributed by atoms with van der Waals surface area (Å²) in [5.74, 6) is 0.548. The molecule has 29 heavy (non-hydrogen) atoms. The molecular weight excluding hydrogens is 485 g/mol. The van der Waals surface area contributed by atoms with Crippen molar-refractivity contribution in [2.45, 2.75) is 79.4 Å². The lowest BCUT2D eigenvalue weighted by Crippen LogP contribution is -2.57. The maximum atomic E-state index is 12.3. The van der Waals surface area contributed by atoms with Crippen molar-refractivity contribution in [2.24, 2.45) is 10.4 Å². The molecule has 9 heteroatoms. The fourth-order valence-electron chi connectivity index (χ4n) is 2.52. The zero-order valence-electron chi connectivity index (χ0n) is 19.6. The average molecular weight is 527 g/mol. The molecule has 0 aliphatic heterocycles. The summed E-state index contributed by atoms with van der Waals surface area (Å²) in [6.45, 7) is 16.8. The second kappa shape index (κ2) is 13.1. The molecule has 0 aromatic carbocycles. The van der Waals surface area contributed by atoms with Gasteiger partial charge in [0, 0.05) is 20.1 Å². The van der Waals surface area contributed by atoms with Crippen LogP contribution in [-0.4, -0.2) is 55.8 Å². The van der Waals surface area contributed by atoms with Crippen LogP contribution in [0.1, 0.15) is 68.2 Å². The van der Waals surface area contributed by atoms with Crippen LogP contribution >= 0.6 is 24.0 Å². The number of carbonyl (C=O) groups excluding carboxylic acids is 2. The molecule has 0 aromatic rings. The third-order valence-electron chi connectivity index (χ3n) is 4.53. The molecule has 172 valence electrons. The van der Waals surface area contributed by atoms with Crippen molar-refractivity contribution in [1.82, 2.24) is 21.3 Å². The number of aliphatic imine (C=N–C) groups is 1. The van der Waals surface area contributed by atoms with E-state index in [1.807, 2.05) is 55.4 Å². The maximum Gasteiger partial charge on any atom is 0.408 e. The predicted molar refractivity (Wildman–Crippen MR) is 130 cm³/mol. The van der Waals surface area contributed by atoms with E-state index < -0.39 is 22.6 Å². The number of guanidine groups is 1. The van der Waals surface area contributed by atoms with E-state index in [1.165, 1.54) is 0 Å². The van der Waals surface area contributed by atoms with E-state index >= 15 is 0 Å². The second-order valence-corrected chi connectivity index (χ2v) is 8.63. The topological polar surface area (TPSA) is 104 Å². The minimum absolute atomic E-state index is 0. The summed E-state index contributed by atoms with van der Waals surface area (Å²) in [5.41, 5.74) is -1.63. The number of hydrogen-bond acceptors (Lipinski definition) is 4. The molecular formula is C20H42IN5O3. The Balaban J connectivity index is 0. The zero-order valence-corrected chi connectivity index (χ0v) is 21.9. The Kier molecular flexibility index (Phi) is 13.5. The molecule has 0 heterocycles. The van der Waals surface area contributed by atoms with E-state index in [0.717, 1.165) is 12.8 Å². The van der Waals surface area contributed by atoms with E-state index in [1.54, 1.807) is 7.05 Å². The fourth-order valence-corrected chi connectivity index (χ4v) is 2.52. The van der Waals surface area contributed by atoms with E-state index in [2.05, 4.69) is 26.3 Å². The molecule has 0 aliphatic rings. The summed E-state index contributed by atoms with van der Waals surface area (Å²) in [5, 5.41) is 12.2. The number of hydrogen-bond donors (Lipinski definition) is 4. The van der Waals surface area contributed by atoms with Crippen LogP contribution in [0.2, 0.25) is 0 Å². The van der Waals surface area contributed by atoms with Crippen molar-refractivity contribution in [3.63, 3.8) is 0 Å². The van der Waals surface area contributed by atoms with Crippen LogP contribution in [0.3, 0.4) is 0 Å². The van der Waals surface area contributed by atoms with Crippen molar-refractivity contribution in [1.29, 1.82) is 0 Å². The van der Waals surface area contributed by atoms with E-state index in [0.29, 0.717) is 25.6 Å². The summed E-state index contributed by atoms with van der Waals surface area (Å²) in [6, 6.07) is 0. The largest absolute Gasteiger partial charge is 0.444 e. The van der Waals surface area contributed by atoms with Gasteiger partial charge in [0.15, 0.2) is 5.96 Å². The number of halogens is 1. The van der Waals surface area contributed by atoms with Crippen LogP contribution in [0.15, 0.2) is 4.99 Å². The Morgan fingerprint density at radius 3 is 1.93 bits per heavy atom. The number of rotatable bonds is 9. The van der Waals surface area contributed by atoms with Gasteiger partial charge in [-0.25, -0.2) is 4.79 Å². The highest BCUT2D eigenvalue weighted by Crippen LogP contribution is 2.17. The third-order valence-corrected chi connectivity index (χ3v) is 4.53.